The SMILES string of the molecule is C=C[Si](C)(C)O[SiH]1O[Si](C)(OC)O[Si](C)(OC)O[Si](C)(O[Si](C)(C)CCc2c(F)c(F)c(F)c(F)c2F)O[Si](OC)(OC)O[Si](OC)(OC)O1. The van der Waals surface area contributed by atoms with E-state index in [4.69, 9.17) is 59.5 Å². The molecule has 0 amide bonds. The zero-order chi connectivity index (χ0) is 38.6. The molecule has 1 heterocycles. The quantitative estimate of drug-likeness (QED) is 0.114. The highest BCUT2D eigenvalue weighted by Crippen LogP contribution is 2.34. The monoisotopic (exact) mass is 866 g/mol. The third kappa shape index (κ3) is 11.4. The maximum atomic E-state index is 14.6. The fourth-order valence-corrected chi connectivity index (χ4v) is 33.1. The minimum Gasteiger partial charge on any atom is -0.417 e. The Morgan fingerprint density at radius 2 is 1.08 bits per heavy atom. The summed E-state index contributed by atoms with van der Waals surface area (Å²) in [5.74, 6) is -10.2. The molecule has 1 aromatic rings. The van der Waals surface area contributed by atoms with Crippen molar-refractivity contribution >= 4 is 70.7 Å². The first-order valence-corrected chi connectivity index (χ1v) is 32.3. The van der Waals surface area contributed by atoms with Gasteiger partial charge in [-0.3, -0.25) is 0 Å². The molecule has 0 aromatic heterocycles. The van der Waals surface area contributed by atoms with Crippen molar-refractivity contribution < 1.29 is 81.4 Å². The molecule has 1 aromatic carbocycles. The number of rotatable bonds is 14. The molecule has 0 N–H and O–H groups in total. The second-order valence-electron chi connectivity index (χ2n) is 12.1. The molecule has 0 radical (unpaired) electrons. The Hall–Kier alpha value is -0.215. The van der Waals surface area contributed by atoms with Crippen molar-refractivity contribution in [3.63, 3.8) is 0 Å². The van der Waals surface area contributed by atoms with Crippen LogP contribution in [0.2, 0.25) is 51.9 Å². The van der Waals surface area contributed by atoms with E-state index in [1.54, 1.807) is 25.3 Å². The van der Waals surface area contributed by atoms with Crippen LogP contribution in [0.15, 0.2) is 12.3 Å². The Bertz CT molecular complexity index is 1310. The third-order valence-corrected chi connectivity index (χ3v) is 34.9. The number of benzene rings is 1. The van der Waals surface area contributed by atoms with Gasteiger partial charge in [0.2, 0.25) is 14.1 Å². The topological polar surface area (TPSA) is 129 Å². The smallest absolute Gasteiger partial charge is 0.417 e. The Labute approximate surface area is 299 Å². The molecule has 0 bridgehead atoms. The highest BCUT2D eigenvalue weighted by molar-refractivity contribution is 6.89. The highest BCUT2D eigenvalue weighted by atomic mass is 28.6. The predicted molar refractivity (Wildman–Crippen MR) is 184 cm³/mol. The standard InChI is InChI=1S/C23H47F5O14Si8/c1-15-44(8,9)35-43-36-46(12,29-2)39-47(13,30-3)40-48(14,41-50(33-6,34-7)42-49(31-4,32-5)37-43)38-45(10,11)17-16-18-19(24)21(26)23(28)22(27)20(18)25/h15,43H,1,16-17H2,2-14H3. The van der Waals surface area contributed by atoms with Gasteiger partial charge in [-0.1, -0.05) is 5.70 Å². The molecule has 4 unspecified atom stereocenters. The van der Waals surface area contributed by atoms with Gasteiger partial charge in [0, 0.05) is 67.9 Å². The largest absolute Gasteiger partial charge is 0.665 e. The van der Waals surface area contributed by atoms with Crippen molar-refractivity contribution in [3.05, 3.63) is 46.9 Å². The zero-order valence-electron chi connectivity index (χ0n) is 30.4. The van der Waals surface area contributed by atoms with Gasteiger partial charge in [-0.05, 0) is 38.7 Å². The summed E-state index contributed by atoms with van der Waals surface area (Å²) in [6, 6.07) is -0.165. The van der Waals surface area contributed by atoms with Crippen LogP contribution in [0.4, 0.5) is 22.0 Å². The summed E-state index contributed by atoms with van der Waals surface area (Å²) in [7, 11) is -22.6. The molecular formula is C23H47F5O14Si8. The highest BCUT2D eigenvalue weighted by Gasteiger charge is 2.66. The second-order valence-corrected chi connectivity index (χ2v) is 36.8. The predicted octanol–water partition coefficient (Wildman–Crippen LogP) is 4.38. The minimum absolute atomic E-state index is 0.165. The molecule has 2 rings (SSSR count). The molecule has 290 valence electrons. The van der Waals surface area contributed by atoms with Crippen LogP contribution in [0, 0.1) is 29.1 Å². The molecule has 1 fully saturated rings. The molecule has 1 saturated heterocycles. The van der Waals surface area contributed by atoms with Crippen molar-refractivity contribution in [1.82, 2.24) is 0 Å². The lowest BCUT2D eigenvalue weighted by Gasteiger charge is -2.45. The first-order valence-electron chi connectivity index (χ1n) is 14.9. The van der Waals surface area contributed by atoms with E-state index in [9.17, 15) is 22.0 Å². The first-order chi connectivity index (χ1) is 22.9. The molecule has 1 aliphatic heterocycles. The van der Waals surface area contributed by atoms with Crippen LogP contribution < -0.4 is 0 Å². The molecule has 0 aliphatic carbocycles. The maximum absolute atomic E-state index is 14.6. The average molecular weight is 867 g/mol. The summed E-state index contributed by atoms with van der Waals surface area (Å²) in [4.78, 5) is 0. The third-order valence-electron chi connectivity index (χ3n) is 7.23. The molecule has 50 heavy (non-hydrogen) atoms. The molecule has 1 aliphatic rings. The van der Waals surface area contributed by atoms with Gasteiger partial charge in [0.25, 0.3) is 0 Å². The van der Waals surface area contributed by atoms with Crippen molar-refractivity contribution in [2.45, 2.75) is 58.3 Å². The molecule has 0 spiro atoms. The van der Waals surface area contributed by atoms with Crippen molar-refractivity contribution in [2.75, 3.05) is 42.7 Å². The summed E-state index contributed by atoms with van der Waals surface area (Å²) >= 11 is 0. The lowest BCUT2D eigenvalue weighted by molar-refractivity contribution is -0.0190. The van der Waals surface area contributed by atoms with Gasteiger partial charge < -0.3 is 59.5 Å². The van der Waals surface area contributed by atoms with Crippen LogP contribution in [0.1, 0.15) is 5.56 Å². The van der Waals surface area contributed by atoms with E-state index < -0.39 is 112 Å². The molecule has 0 saturated carbocycles. The Morgan fingerprint density at radius 1 is 0.620 bits per heavy atom. The number of hydrogen-bond donors (Lipinski definition) is 0. The fraction of sp³-hybridized carbons (Fsp3) is 0.652. The van der Waals surface area contributed by atoms with E-state index in [2.05, 4.69) is 6.58 Å². The molecule has 27 heteroatoms. The normalized spacial score (nSPS) is 28.2. The summed E-state index contributed by atoms with van der Waals surface area (Å²) in [6.45, 7) is 15.3. The lowest BCUT2D eigenvalue weighted by atomic mass is 10.1. The maximum Gasteiger partial charge on any atom is 0.665 e. The van der Waals surface area contributed by atoms with Crippen LogP contribution in [0.5, 0.6) is 0 Å². The van der Waals surface area contributed by atoms with Crippen LogP contribution in [0.25, 0.3) is 0 Å². The van der Waals surface area contributed by atoms with Crippen LogP contribution in [-0.4, -0.2) is 113 Å². The lowest BCUT2D eigenvalue weighted by Crippen LogP contribution is -2.71. The Balaban J connectivity index is 2.71. The second kappa shape index (κ2) is 17.5. The van der Waals surface area contributed by atoms with Gasteiger partial charge in [0.05, 0.1) is 0 Å². The van der Waals surface area contributed by atoms with Gasteiger partial charge >= 0.3 is 54.0 Å². The van der Waals surface area contributed by atoms with Crippen LogP contribution in [0.3, 0.4) is 0 Å². The van der Waals surface area contributed by atoms with Gasteiger partial charge in [-0.2, -0.15) is 0 Å². The first kappa shape index (κ1) is 45.9. The van der Waals surface area contributed by atoms with Gasteiger partial charge in [-0.25, -0.2) is 22.0 Å². The van der Waals surface area contributed by atoms with E-state index in [1.807, 2.05) is 13.1 Å². The minimum atomic E-state index is -4.51. The van der Waals surface area contributed by atoms with E-state index >= 15 is 0 Å². The molecule has 4 atom stereocenters. The van der Waals surface area contributed by atoms with Crippen LogP contribution >= 0.6 is 0 Å². The average Bonchev–Trinajstić information content (AvgIpc) is 3.04. The fourth-order valence-electron chi connectivity index (χ4n) is 4.40. The van der Waals surface area contributed by atoms with E-state index in [1.165, 1.54) is 55.8 Å². The van der Waals surface area contributed by atoms with Gasteiger partial charge in [0.1, 0.15) is 0 Å². The van der Waals surface area contributed by atoms with E-state index in [0.717, 1.165) is 0 Å². The number of hydrogen-bond acceptors (Lipinski definition) is 14. The van der Waals surface area contributed by atoms with Gasteiger partial charge in [0.15, 0.2) is 31.6 Å². The summed E-state index contributed by atoms with van der Waals surface area (Å²) in [5.41, 5.74) is 0.670. The number of halogens is 5. The van der Waals surface area contributed by atoms with E-state index in [0.29, 0.717) is 0 Å². The summed E-state index contributed by atoms with van der Waals surface area (Å²) < 4.78 is 156. The Morgan fingerprint density at radius 3 is 1.52 bits per heavy atom. The zero-order valence-corrected chi connectivity index (χ0v) is 38.5. The van der Waals surface area contributed by atoms with E-state index in [-0.39, 0.29) is 6.04 Å². The summed E-state index contributed by atoms with van der Waals surface area (Å²) in [6.07, 6.45) is -0.575. The van der Waals surface area contributed by atoms with Gasteiger partial charge in [-0.15, -0.1) is 6.58 Å². The van der Waals surface area contributed by atoms with Crippen molar-refractivity contribution in [1.29, 1.82) is 0 Å². The molecular weight excluding hydrogens is 820 g/mol. The van der Waals surface area contributed by atoms with Crippen LogP contribution in [-0.2, 0) is 65.9 Å². The van der Waals surface area contributed by atoms with Crippen molar-refractivity contribution in [3.8, 4) is 0 Å². The molecule has 14 nitrogen and oxygen atoms in total. The Kier molecular flexibility index (Phi) is 16.1. The van der Waals surface area contributed by atoms with Crippen molar-refractivity contribution in [2.24, 2.45) is 0 Å². The summed E-state index contributed by atoms with van der Waals surface area (Å²) in [5, 5.41) is 0.